The number of hydrogen-bond acceptors (Lipinski definition) is 3. The van der Waals surface area contributed by atoms with Gasteiger partial charge in [0.1, 0.15) is 0 Å². The number of guanidine groups is 1. The highest BCUT2D eigenvalue weighted by molar-refractivity contribution is 5.81. The minimum Gasteiger partial charge on any atom is -0.378 e. The molecular formula is C11H24N4O. The number of aliphatic imine (C=N–C) groups is 1. The van der Waals surface area contributed by atoms with E-state index in [1.54, 1.807) is 0 Å². The lowest BCUT2D eigenvalue weighted by atomic mass is 10.4. The van der Waals surface area contributed by atoms with Crippen LogP contribution in [0, 0.1) is 11.5 Å². The molecule has 0 amide bonds. The highest BCUT2D eigenvalue weighted by Crippen LogP contribution is 1.97. The second-order valence-corrected chi connectivity index (χ2v) is 3.04. The van der Waals surface area contributed by atoms with Crippen molar-refractivity contribution >= 4 is 5.96 Å². The number of morpholine rings is 1. The monoisotopic (exact) mass is 228 g/mol. The predicted molar refractivity (Wildman–Crippen MR) is 67.2 cm³/mol. The third kappa shape index (κ3) is 5.56. The zero-order valence-corrected chi connectivity index (χ0v) is 10.5. The molecule has 1 heterocycles. The number of hydrogen-bond donors (Lipinski definition) is 1. The van der Waals surface area contributed by atoms with Gasteiger partial charge < -0.3 is 9.64 Å². The van der Waals surface area contributed by atoms with Crippen molar-refractivity contribution < 1.29 is 6.16 Å². The lowest BCUT2D eigenvalue weighted by molar-refractivity contribution is 0.0668. The lowest BCUT2D eigenvalue weighted by Crippen LogP contribution is -2.46. The fourth-order valence-corrected chi connectivity index (χ4v) is 1.26. The summed E-state index contributed by atoms with van der Waals surface area (Å²) in [5, 5.41) is 11.2. The zero-order valence-electron chi connectivity index (χ0n) is 10.5. The Morgan fingerprint density at radius 2 is 2.12 bits per heavy atom. The molecule has 0 unspecified atom stereocenters. The van der Waals surface area contributed by atoms with E-state index in [0.29, 0.717) is 19.2 Å². The Bertz CT molecular complexity index is 234. The second-order valence-electron chi connectivity index (χ2n) is 3.04. The van der Waals surface area contributed by atoms with Crippen molar-refractivity contribution in [2.24, 2.45) is 4.99 Å². The highest BCUT2D eigenvalue weighted by atomic mass is 16.5. The van der Waals surface area contributed by atoms with Crippen LogP contribution in [0.3, 0.4) is 0 Å². The quantitative estimate of drug-likeness (QED) is 0.336. The molecule has 1 N–H and O–H groups in total. The number of rotatable bonds is 2. The van der Waals surface area contributed by atoms with Crippen LogP contribution >= 0.6 is 0 Å². The number of ether oxygens (including phenoxy) is 1. The summed E-state index contributed by atoms with van der Waals surface area (Å²) in [4.78, 5) is 6.35. The van der Waals surface area contributed by atoms with Gasteiger partial charge in [0.25, 0.3) is 0 Å². The summed E-state index contributed by atoms with van der Waals surface area (Å²) in [6.45, 7) is 9.83. The highest BCUT2D eigenvalue weighted by Gasteiger charge is 2.14. The third-order valence-electron chi connectivity index (χ3n) is 1.96. The summed E-state index contributed by atoms with van der Waals surface area (Å²) < 4.78 is 5.23. The topological polar surface area (TPSA) is 60.7 Å². The Balaban J connectivity index is 0. The van der Waals surface area contributed by atoms with Gasteiger partial charge in [-0.15, -0.1) is 0 Å². The van der Waals surface area contributed by atoms with Gasteiger partial charge in [-0.2, -0.15) is 5.26 Å². The third-order valence-corrected chi connectivity index (χ3v) is 1.96. The second kappa shape index (κ2) is 10.2. The van der Waals surface area contributed by atoms with E-state index < -0.39 is 0 Å². The minimum absolute atomic E-state index is 0. The zero-order chi connectivity index (χ0) is 12.2. The van der Waals surface area contributed by atoms with Gasteiger partial charge in [-0.1, -0.05) is 20.8 Å². The molecule has 1 rings (SSSR count). The van der Waals surface area contributed by atoms with Crippen molar-refractivity contribution in [3.05, 3.63) is 0 Å². The van der Waals surface area contributed by atoms with Gasteiger partial charge >= 0.3 is 0 Å². The van der Waals surface area contributed by atoms with Crippen LogP contribution in [0.4, 0.5) is 0 Å². The summed E-state index contributed by atoms with van der Waals surface area (Å²) in [6, 6.07) is 0. The molecule has 5 heteroatoms. The van der Waals surface area contributed by atoms with Crippen LogP contribution in [-0.4, -0.2) is 43.7 Å². The minimum atomic E-state index is 0. The lowest BCUT2D eigenvalue weighted by Gasteiger charge is -2.28. The van der Waals surface area contributed by atoms with Gasteiger partial charge in [-0.3, -0.25) is 10.3 Å². The van der Waals surface area contributed by atoms with Crippen LogP contribution in [-0.2, 0) is 4.74 Å². The maximum atomic E-state index is 8.57. The molecule has 1 aliphatic heterocycles. The van der Waals surface area contributed by atoms with E-state index in [1.807, 2.05) is 24.9 Å². The van der Waals surface area contributed by atoms with Crippen LogP contribution in [0.25, 0.3) is 0 Å². The molecule has 1 fully saturated rings. The van der Waals surface area contributed by atoms with Gasteiger partial charge in [0.15, 0.2) is 6.19 Å². The fraction of sp³-hybridized carbons (Fsp3) is 0.818. The maximum absolute atomic E-state index is 8.57. The van der Waals surface area contributed by atoms with E-state index in [-0.39, 0.29) is 1.43 Å². The molecule has 0 aromatic rings. The molecule has 0 aromatic carbocycles. The van der Waals surface area contributed by atoms with Crippen LogP contribution in [0.1, 0.15) is 28.6 Å². The summed E-state index contributed by atoms with van der Waals surface area (Å²) >= 11 is 0. The molecular weight excluding hydrogens is 204 g/mol. The predicted octanol–water partition coefficient (Wildman–Crippen LogP) is 1.43. The van der Waals surface area contributed by atoms with E-state index in [9.17, 15) is 0 Å². The summed E-state index contributed by atoms with van der Waals surface area (Å²) in [7, 11) is 0. The van der Waals surface area contributed by atoms with E-state index in [2.05, 4.69) is 17.2 Å². The van der Waals surface area contributed by atoms with Gasteiger partial charge in [0.05, 0.1) is 13.2 Å². The molecule has 0 radical (unpaired) electrons. The summed E-state index contributed by atoms with van der Waals surface area (Å²) in [5.74, 6) is 0.678. The summed E-state index contributed by atoms with van der Waals surface area (Å²) in [6.07, 6.45) is 2.90. The van der Waals surface area contributed by atoms with Gasteiger partial charge in [-0.05, 0) is 6.42 Å². The molecule has 0 spiro atoms. The first kappa shape index (κ1) is 14.7. The Morgan fingerprint density at radius 1 is 1.50 bits per heavy atom. The fourth-order valence-electron chi connectivity index (χ4n) is 1.26. The van der Waals surface area contributed by atoms with E-state index in [4.69, 9.17) is 10.00 Å². The van der Waals surface area contributed by atoms with Crippen LogP contribution in [0.2, 0.25) is 0 Å². The largest absolute Gasteiger partial charge is 0.378 e. The standard InChI is InChI=1S/C9H16N4O.C2H6.H2/c1-2-3-11-9(12-8-10)13-4-6-14-7-5-13;1-2;/h2-7H2,1H3,(H,11,12);1-2H3;1H. The molecule has 0 bridgehead atoms. The van der Waals surface area contributed by atoms with E-state index in [1.165, 1.54) is 0 Å². The smallest absolute Gasteiger partial charge is 0.207 e. The summed E-state index contributed by atoms with van der Waals surface area (Å²) in [5.41, 5.74) is 0. The average molecular weight is 228 g/mol. The molecule has 0 atom stereocenters. The van der Waals surface area contributed by atoms with Gasteiger partial charge in [0, 0.05) is 21.1 Å². The number of nitriles is 1. The first-order valence-corrected chi connectivity index (χ1v) is 5.90. The maximum Gasteiger partial charge on any atom is 0.207 e. The van der Waals surface area contributed by atoms with Gasteiger partial charge in [-0.25, -0.2) is 0 Å². The van der Waals surface area contributed by atoms with E-state index in [0.717, 1.165) is 26.1 Å². The first-order valence-electron chi connectivity index (χ1n) is 5.90. The average Bonchev–Trinajstić information content (AvgIpc) is 2.38. The molecule has 94 valence electrons. The Kier molecular flexibility index (Phi) is 9.43. The first-order chi connectivity index (χ1) is 7.88. The molecule has 1 aliphatic rings. The Morgan fingerprint density at radius 3 is 2.62 bits per heavy atom. The van der Waals surface area contributed by atoms with Crippen molar-refractivity contribution in [1.82, 2.24) is 10.2 Å². The Labute approximate surface area is 99.6 Å². The number of nitrogens with zero attached hydrogens (tertiary/aromatic N) is 3. The van der Waals surface area contributed by atoms with Crippen LogP contribution in [0.5, 0.6) is 0 Å². The molecule has 1 saturated heterocycles. The Hall–Kier alpha value is -1.28. The van der Waals surface area contributed by atoms with Crippen LogP contribution in [0.15, 0.2) is 4.99 Å². The van der Waals surface area contributed by atoms with Crippen LogP contribution < -0.4 is 5.32 Å². The SMILES string of the molecule is CC.CCCN=C(NC#N)N1CCOCC1.[HH]. The van der Waals surface area contributed by atoms with E-state index >= 15 is 0 Å². The molecule has 0 aliphatic carbocycles. The van der Waals surface area contributed by atoms with Crippen molar-refractivity contribution in [1.29, 1.82) is 5.26 Å². The normalized spacial score (nSPS) is 15.9. The molecule has 0 saturated carbocycles. The van der Waals surface area contributed by atoms with Crippen molar-refractivity contribution in [3.63, 3.8) is 0 Å². The van der Waals surface area contributed by atoms with Crippen molar-refractivity contribution in [2.75, 3.05) is 32.8 Å². The molecule has 5 nitrogen and oxygen atoms in total. The molecule has 16 heavy (non-hydrogen) atoms. The number of nitrogens with one attached hydrogen (secondary N) is 1. The van der Waals surface area contributed by atoms with Gasteiger partial charge in [0.2, 0.25) is 5.96 Å². The van der Waals surface area contributed by atoms with Crippen molar-refractivity contribution in [3.8, 4) is 6.19 Å². The molecule has 0 aromatic heterocycles. The van der Waals surface area contributed by atoms with Crippen molar-refractivity contribution in [2.45, 2.75) is 27.2 Å².